The fraction of sp³-hybridized carbons (Fsp3) is 0.429. The number of hydrogen-bond acceptors (Lipinski definition) is 4. The highest BCUT2D eigenvalue weighted by atomic mass is 79.9. The molecule has 0 saturated heterocycles. The largest absolute Gasteiger partial charge is 0.478 e. The molecule has 108 valence electrons. The van der Waals surface area contributed by atoms with Crippen LogP contribution in [-0.4, -0.2) is 21.4 Å². The van der Waals surface area contributed by atoms with E-state index in [9.17, 15) is 0 Å². The summed E-state index contributed by atoms with van der Waals surface area (Å²) in [5.74, 6) is 0.647. The molecule has 0 spiro atoms. The molecular weight excluding hydrogens is 320 g/mol. The third kappa shape index (κ3) is 3.30. The van der Waals surface area contributed by atoms with Crippen molar-refractivity contribution in [3.05, 3.63) is 34.2 Å². The Hall–Kier alpha value is -1.56. The number of ether oxygens (including phenoxy) is 1. The number of anilines is 1. The molecule has 0 radical (unpaired) electrons. The van der Waals surface area contributed by atoms with Crippen LogP contribution in [0.25, 0.3) is 0 Å². The van der Waals surface area contributed by atoms with Crippen LogP contribution in [0.3, 0.4) is 0 Å². The highest BCUT2D eigenvalue weighted by Crippen LogP contribution is 2.22. The van der Waals surface area contributed by atoms with Gasteiger partial charge in [0, 0.05) is 12.6 Å². The van der Waals surface area contributed by atoms with Crippen molar-refractivity contribution in [2.75, 3.05) is 11.9 Å². The van der Waals surface area contributed by atoms with E-state index in [2.05, 4.69) is 38.3 Å². The first-order valence-corrected chi connectivity index (χ1v) is 7.49. The number of rotatable bonds is 6. The highest BCUT2D eigenvalue weighted by molar-refractivity contribution is 9.10. The minimum Gasteiger partial charge on any atom is -0.478 e. The predicted octanol–water partition coefficient (Wildman–Crippen LogP) is 3.38. The van der Waals surface area contributed by atoms with Gasteiger partial charge in [-0.2, -0.15) is 5.10 Å². The van der Waals surface area contributed by atoms with E-state index >= 15 is 0 Å². The molecule has 0 amide bonds. The van der Waals surface area contributed by atoms with E-state index in [0.29, 0.717) is 19.0 Å². The maximum Gasteiger partial charge on any atom is 0.213 e. The number of pyridine rings is 1. The molecular formula is C14H19BrN4O. The summed E-state index contributed by atoms with van der Waals surface area (Å²) in [5, 5.41) is 7.82. The Morgan fingerprint density at radius 2 is 2.15 bits per heavy atom. The van der Waals surface area contributed by atoms with Crippen LogP contribution in [0.5, 0.6) is 5.88 Å². The molecule has 0 atom stereocenters. The van der Waals surface area contributed by atoms with Crippen LogP contribution in [0.1, 0.15) is 25.2 Å². The van der Waals surface area contributed by atoms with Crippen molar-refractivity contribution in [3.63, 3.8) is 0 Å². The van der Waals surface area contributed by atoms with Crippen LogP contribution in [-0.2, 0) is 13.1 Å². The van der Waals surface area contributed by atoms with Gasteiger partial charge < -0.3 is 10.1 Å². The Labute approximate surface area is 127 Å². The van der Waals surface area contributed by atoms with Crippen molar-refractivity contribution < 1.29 is 4.74 Å². The lowest BCUT2D eigenvalue weighted by atomic mass is 10.3. The minimum absolute atomic E-state index is 0.627. The number of hydrogen-bond donors (Lipinski definition) is 1. The van der Waals surface area contributed by atoms with Crippen LogP contribution in [0.2, 0.25) is 0 Å². The fourth-order valence-corrected chi connectivity index (χ4v) is 2.37. The second kappa shape index (κ2) is 6.74. The summed E-state index contributed by atoms with van der Waals surface area (Å²) >= 11 is 3.59. The molecule has 0 aliphatic rings. The van der Waals surface area contributed by atoms with Crippen molar-refractivity contribution in [2.45, 2.75) is 33.9 Å². The highest BCUT2D eigenvalue weighted by Gasteiger charge is 2.11. The van der Waals surface area contributed by atoms with Crippen molar-refractivity contribution in [1.29, 1.82) is 0 Å². The monoisotopic (exact) mass is 338 g/mol. The van der Waals surface area contributed by atoms with Crippen LogP contribution >= 0.6 is 15.9 Å². The molecule has 20 heavy (non-hydrogen) atoms. The molecule has 5 nitrogen and oxygen atoms in total. The zero-order chi connectivity index (χ0) is 14.5. The Morgan fingerprint density at radius 1 is 1.35 bits per heavy atom. The molecule has 2 aromatic heterocycles. The molecule has 1 N–H and O–H groups in total. The van der Waals surface area contributed by atoms with Crippen molar-refractivity contribution >= 4 is 21.6 Å². The second-order valence-electron chi connectivity index (χ2n) is 4.33. The molecule has 0 aromatic carbocycles. The van der Waals surface area contributed by atoms with E-state index < -0.39 is 0 Å². The lowest BCUT2D eigenvalue weighted by Crippen LogP contribution is -2.08. The summed E-state index contributed by atoms with van der Waals surface area (Å²) in [6, 6.07) is 3.83. The zero-order valence-corrected chi connectivity index (χ0v) is 13.6. The van der Waals surface area contributed by atoms with Gasteiger partial charge in [0.05, 0.1) is 40.9 Å². The first-order valence-electron chi connectivity index (χ1n) is 6.70. The summed E-state index contributed by atoms with van der Waals surface area (Å²) in [7, 11) is 0. The molecule has 0 saturated carbocycles. The SMILES string of the molecule is CCOc1ccc(NCc2c(Br)c(C)nn2CC)cn1. The second-order valence-corrected chi connectivity index (χ2v) is 5.13. The average Bonchev–Trinajstić information content (AvgIpc) is 2.74. The molecule has 0 bridgehead atoms. The van der Waals surface area contributed by atoms with Gasteiger partial charge in [-0.1, -0.05) is 0 Å². The summed E-state index contributed by atoms with van der Waals surface area (Å²) < 4.78 is 8.38. The third-order valence-corrected chi connectivity index (χ3v) is 3.97. The summed E-state index contributed by atoms with van der Waals surface area (Å²) in [6.45, 7) is 8.20. The van der Waals surface area contributed by atoms with E-state index in [-0.39, 0.29) is 0 Å². The Balaban J connectivity index is 2.05. The lowest BCUT2D eigenvalue weighted by molar-refractivity contribution is 0.327. The molecule has 0 unspecified atom stereocenters. The van der Waals surface area contributed by atoms with E-state index in [1.807, 2.05) is 30.7 Å². The molecule has 0 fully saturated rings. The topological polar surface area (TPSA) is 52.0 Å². The summed E-state index contributed by atoms with van der Waals surface area (Å²) in [6.07, 6.45) is 1.78. The van der Waals surface area contributed by atoms with Gasteiger partial charge in [-0.15, -0.1) is 0 Å². The Morgan fingerprint density at radius 3 is 2.75 bits per heavy atom. The van der Waals surface area contributed by atoms with Crippen molar-refractivity contribution in [3.8, 4) is 5.88 Å². The summed E-state index contributed by atoms with van der Waals surface area (Å²) in [5.41, 5.74) is 3.11. The predicted molar refractivity (Wildman–Crippen MR) is 83.1 cm³/mol. The maximum atomic E-state index is 5.32. The number of nitrogens with one attached hydrogen (secondary N) is 1. The zero-order valence-electron chi connectivity index (χ0n) is 12.0. The number of aromatic nitrogens is 3. The van der Waals surface area contributed by atoms with Gasteiger partial charge in [0.25, 0.3) is 0 Å². The van der Waals surface area contributed by atoms with Crippen LogP contribution in [0.4, 0.5) is 5.69 Å². The van der Waals surface area contributed by atoms with Gasteiger partial charge in [0.2, 0.25) is 5.88 Å². The van der Waals surface area contributed by atoms with Crippen LogP contribution in [0, 0.1) is 6.92 Å². The quantitative estimate of drug-likeness (QED) is 0.877. The number of aryl methyl sites for hydroxylation is 2. The van der Waals surface area contributed by atoms with Gasteiger partial charge in [0.15, 0.2) is 0 Å². The molecule has 2 rings (SSSR count). The standard InChI is InChI=1S/C14H19BrN4O/c1-4-19-12(14(15)10(3)18-19)9-16-11-6-7-13(17-8-11)20-5-2/h6-8,16H,4-5,9H2,1-3H3. The van der Waals surface area contributed by atoms with Gasteiger partial charge in [-0.25, -0.2) is 4.98 Å². The smallest absolute Gasteiger partial charge is 0.213 e. The normalized spacial score (nSPS) is 10.6. The van der Waals surface area contributed by atoms with Crippen LogP contribution < -0.4 is 10.1 Å². The van der Waals surface area contributed by atoms with Gasteiger partial charge in [-0.05, 0) is 42.8 Å². The minimum atomic E-state index is 0.627. The van der Waals surface area contributed by atoms with Crippen molar-refractivity contribution in [1.82, 2.24) is 14.8 Å². The van der Waals surface area contributed by atoms with Gasteiger partial charge in [0.1, 0.15) is 0 Å². The van der Waals surface area contributed by atoms with E-state index in [1.165, 1.54) is 0 Å². The molecule has 2 aromatic rings. The molecule has 6 heteroatoms. The maximum absolute atomic E-state index is 5.32. The molecule has 0 aliphatic heterocycles. The molecule has 0 aliphatic carbocycles. The first kappa shape index (κ1) is 14.8. The Bertz CT molecular complexity index is 565. The number of nitrogens with zero attached hydrogens (tertiary/aromatic N) is 3. The van der Waals surface area contributed by atoms with E-state index in [0.717, 1.165) is 28.1 Å². The van der Waals surface area contributed by atoms with E-state index in [1.54, 1.807) is 6.20 Å². The first-order chi connectivity index (χ1) is 9.65. The molecule has 2 heterocycles. The third-order valence-electron chi connectivity index (χ3n) is 2.94. The average molecular weight is 339 g/mol. The van der Waals surface area contributed by atoms with Crippen molar-refractivity contribution in [2.24, 2.45) is 0 Å². The van der Waals surface area contributed by atoms with Crippen LogP contribution in [0.15, 0.2) is 22.8 Å². The Kier molecular flexibility index (Phi) is 5.00. The van der Waals surface area contributed by atoms with Gasteiger partial charge >= 0.3 is 0 Å². The van der Waals surface area contributed by atoms with E-state index in [4.69, 9.17) is 4.74 Å². The van der Waals surface area contributed by atoms with Gasteiger partial charge in [-0.3, -0.25) is 4.68 Å². The lowest BCUT2D eigenvalue weighted by Gasteiger charge is -2.09. The summed E-state index contributed by atoms with van der Waals surface area (Å²) in [4.78, 5) is 4.23. The number of halogens is 1. The fourth-order valence-electron chi connectivity index (χ4n) is 1.94.